The number of nitrogens with zero attached hydrogens (tertiary/aromatic N) is 1. The lowest BCUT2D eigenvalue weighted by atomic mass is 10.1. The Kier molecular flexibility index (Phi) is 7.44. The predicted molar refractivity (Wildman–Crippen MR) is 132 cm³/mol. The number of carbonyl (C=O) groups excluding carboxylic acids is 1. The van der Waals surface area contributed by atoms with E-state index < -0.39 is 27.4 Å². The first-order valence-corrected chi connectivity index (χ1v) is 13.0. The molecule has 2 heterocycles. The number of fused-ring (bicyclic) bond motifs is 1. The van der Waals surface area contributed by atoms with E-state index in [1.807, 2.05) is 4.72 Å². The third-order valence-corrected chi connectivity index (χ3v) is 8.29. The van der Waals surface area contributed by atoms with Crippen LogP contribution >= 0.6 is 35.0 Å². The van der Waals surface area contributed by atoms with Gasteiger partial charge in [-0.2, -0.15) is 4.33 Å². The van der Waals surface area contributed by atoms with Gasteiger partial charge in [-0.3, -0.25) is 9.36 Å². The summed E-state index contributed by atoms with van der Waals surface area (Å²) in [5.74, 6) is -0.814. The lowest BCUT2D eigenvalue weighted by molar-refractivity contribution is -0.160. The van der Waals surface area contributed by atoms with Gasteiger partial charge in [0.2, 0.25) is 0 Å². The number of nitrogens with one attached hydrogen (secondary N) is 2. The average Bonchev–Trinajstić information content (AvgIpc) is 3.26. The van der Waals surface area contributed by atoms with Crippen LogP contribution in [0.15, 0.2) is 74.7 Å². The van der Waals surface area contributed by atoms with Crippen molar-refractivity contribution >= 4 is 67.5 Å². The third-order valence-electron chi connectivity index (χ3n) is 4.58. The number of hydrogen-bond donors (Lipinski definition) is 2. The summed E-state index contributed by atoms with van der Waals surface area (Å²) in [6.45, 7) is 0. The molecule has 2 aromatic heterocycles. The Labute approximate surface area is 211 Å². The first kappa shape index (κ1) is 25.2. The monoisotopic (exact) mass is 555 g/mol. The van der Waals surface area contributed by atoms with Crippen LogP contribution in [0, 0.1) is 5.82 Å². The molecule has 182 valence electrons. The number of benzene rings is 2. The van der Waals surface area contributed by atoms with Gasteiger partial charge in [0, 0.05) is 22.2 Å². The summed E-state index contributed by atoms with van der Waals surface area (Å²) < 4.78 is 47.2. The molecule has 14 heteroatoms. The highest BCUT2D eigenvalue weighted by atomic mass is 35.5. The minimum atomic E-state index is -4.14. The molecule has 0 aliphatic heterocycles. The van der Waals surface area contributed by atoms with E-state index in [1.54, 1.807) is 24.3 Å². The number of aromatic nitrogens is 1. The summed E-state index contributed by atoms with van der Waals surface area (Å²) in [4.78, 5) is 30.3. The van der Waals surface area contributed by atoms with Gasteiger partial charge in [0.1, 0.15) is 10.0 Å². The molecule has 0 fully saturated rings. The fraction of sp³-hybridized carbons (Fsp3) is 0.0476. The molecule has 2 aromatic carbocycles. The zero-order valence-electron chi connectivity index (χ0n) is 17.7. The van der Waals surface area contributed by atoms with Crippen LogP contribution in [-0.4, -0.2) is 26.1 Å². The molecular weight excluding hydrogens is 541 g/mol. The average molecular weight is 556 g/mol. The number of anilines is 1. The highest BCUT2D eigenvalue weighted by molar-refractivity contribution is 7.94. The van der Waals surface area contributed by atoms with Gasteiger partial charge in [0.15, 0.2) is 0 Å². The van der Waals surface area contributed by atoms with E-state index in [1.165, 1.54) is 37.6 Å². The summed E-state index contributed by atoms with van der Waals surface area (Å²) in [5, 5.41) is 3.23. The Hall–Kier alpha value is -2.94. The van der Waals surface area contributed by atoms with Gasteiger partial charge in [-0.15, -0.1) is 11.3 Å². The molecular formula is C21H15ClFN3O6S3. The molecule has 0 saturated heterocycles. The van der Waals surface area contributed by atoms with E-state index >= 15 is 0 Å². The molecule has 2 amide bonds. The van der Waals surface area contributed by atoms with Gasteiger partial charge < -0.3 is 5.32 Å². The van der Waals surface area contributed by atoms with Crippen molar-refractivity contribution in [2.45, 2.75) is 9.10 Å². The van der Waals surface area contributed by atoms with Crippen molar-refractivity contribution in [2.24, 2.45) is 0 Å². The van der Waals surface area contributed by atoms with Crippen molar-refractivity contribution in [3.8, 4) is 5.69 Å². The highest BCUT2D eigenvalue weighted by Gasteiger charge is 2.20. The number of hydrogen-bond acceptors (Lipinski definition) is 8. The second-order valence-corrected chi connectivity index (χ2v) is 11.2. The van der Waals surface area contributed by atoms with Crippen molar-refractivity contribution in [2.75, 3.05) is 12.4 Å². The van der Waals surface area contributed by atoms with Crippen LogP contribution in [0.1, 0.15) is 0 Å². The van der Waals surface area contributed by atoms with Gasteiger partial charge in [-0.05, 0) is 53.9 Å². The first-order chi connectivity index (χ1) is 16.7. The number of sulfonamides is 1. The second-order valence-electron chi connectivity index (χ2n) is 6.84. The van der Waals surface area contributed by atoms with Crippen LogP contribution in [0.5, 0.6) is 0 Å². The molecule has 0 unspecified atom stereocenters. The quantitative estimate of drug-likeness (QED) is 0.188. The maximum atomic E-state index is 14.9. The first-order valence-electron chi connectivity index (χ1n) is 9.60. The largest absolute Gasteiger partial charge is 0.333 e. The molecule has 0 aliphatic carbocycles. The number of amides is 2. The van der Waals surface area contributed by atoms with E-state index in [-0.39, 0.29) is 19.9 Å². The van der Waals surface area contributed by atoms with Gasteiger partial charge >= 0.3 is 6.03 Å². The van der Waals surface area contributed by atoms with Crippen molar-refractivity contribution in [3.63, 3.8) is 0 Å². The van der Waals surface area contributed by atoms with E-state index in [2.05, 4.69) is 10.2 Å². The van der Waals surface area contributed by atoms with Crippen LogP contribution in [0.25, 0.3) is 16.5 Å². The van der Waals surface area contributed by atoms with E-state index in [0.29, 0.717) is 15.7 Å². The molecule has 0 bridgehead atoms. The molecule has 0 saturated carbocycles. The number of carbonyl (C=O) groups is 1. The SMILES string of the molecule is COOSc1ccc2ccn(-c3ccc(NC(=O)NS(=O)(=O)c4ccc(Cl)s4)cc3F)c(=O)c2c1. The fourth-order valence-electron chi connectivity index (χ4n) is 3.08. The predicted octanol–water partition coefficient (Wildman–Crippen LogP) is 4.94. The number of pyridine rings is 1. The summed E-state index contributed by atoms with van der Waals surface area (Å²) in [6, 6.07) is 11.9. The molecule has 0 spiro atoms. The summed E-state index contributed by atoms with van der Waals surface area (Å²) in [7, 11) is -2.79. The zero-order valence-corrected chi connectivity index (χ0v) is 20.9. The van der Waals surface area contributed by atoms with Gasteiger partial charge in [0.05, 0.1) is 29.2 Å². The zero-order chi connectivity index (χ0) is 25.2. The Morgan fingerprint density at radius 3 is 2.63 bits per heavy atom. The van der Waals surface area contributed by atoms with E-state index in [0.717, 1.165) is 34.0 Å². The normalized spacial score (nSPS) is 11.5. The summed E-state index contributed by atoms with van der Waals surface area (Å²) in [6.07, 6.45) is 1.43. The minimum absolute atomic E-state index is 0.0209. The van der Waals surface area contributed by atoms with Crippen molar-refractivity contribution in [3.05, 3.63) is 81.3 Å². The van der Waals surface area contributed by atoms with Crippen LogP contribution in [0.3, 0.4) is 0 Å². The summed E-state index contributed by atoms with van der Waals surface area (Å²) in [5.41, 5.74) is -0.553. The van der Waals surface area contributed by atoms with Crippen molar-refractivity contribution in [1.82, 2.24) is 9.29 Å². The smallest absolute Gasteiger partial charge is 0.307 e. The van der Waals surface area contributed by atoms with Gasteiger partial charge in [-0.25, -0.2) is 27.2 Å². The minimum Gasteiger partial charge on any atom is -0.307 e. The van der Waals surface area contributed by atoms with Crippen LogP contribution < -0.4 is 15.6 Å². The van der Waals surface area contributed by atoms with Crippen LogP contribution in [0.4, 0.5) is 14.9 Å². The van der Waals surface area contributed by atoms with Gasteiger partial charge in [-0.1, -0.05) is 17.7 Å². The molecule has 35 heavy (non-hydrogen) atoms. The molecule has 0 radical (unpaired) electrons. The van der Waals surface area contributed by atoms with Crippen LogP contribution in [-0.2, 0) is 19.2 Å². The second kappa shape index (κ2) is 10.4. The number of rotatable bonds is 7. The molecule has 9 nitrogen and oxygen atoms in total. The molecule has 0 atom stereocenters. The molecule has 2 N–H and O–H groups in total. The lowest BCUT2D eigenvalue weighted by Crippen LogP contribution is -2.34. The topological polar surface area (TPSA) is 116 Å². The Balaban J connectivity index is 1.56. The maximum Gasteiger partial charge on any atom is 0.333 e. The fourth-order valence-corrected chi connectivity index (χ4v) is 5.91. The van der Waals surface area contributed by atoms with Crippen LogP contribution in [0.2, 0.25) is 4.34 Å². The van der Waals surface area contributed by atoms with E-state index in [4.69, 9.17) is 15.9 Å². The standard InChI is InChI=1S/C21H15ClFN3O6S3/c1-31-32-34-14-4-2-12-8-9-26(20(27)15(12)11-14)17-5-3-13(10-16(17)23)24-21(28)25-35(29,30)19-7-6-18(22)33-19/h2-11H,1H3,(H2,24,25,28). The van der Waals surface area contributed by atoms with Gasteiger partial charge in [0.25, 0.3) is 15.6 Å². The Bertz CT molecular complexity index is 1590. The highest BCUT2D eigenvalue weighted by Crippen LogP contribution is 2.26. The maximum absolute atomic E-state index is 14.9. The Morgan fingerprint density at radius 1 is 1.14 bits per heavy atom. The van der Waals surface area contributed by atoms with Crippen molar-refractivity contribution < 1.29 is 26.8 Å². The molecule has 4 rings (SSSR count). The van der Waals surface area contributed by atoms with E-state index in [9.17, 15) is 22.4 Å². The lowest BCUT2D eigenvalue weighted by Gasteiger charge is -2.12. The molecule has 4 aromatic rings. The Morgan fingerprint density at radius 2 is 1.94 bits per heavy atom. The third kappa shape index (κ3) is 5.66. The number of halogens is 2. The number of urea groups is 1. The summed E-state index contributed by atoms with van der Waals surface area (Å²) >= 11 is 7.44. The number of thiophene rings is 1. The van der Waals surface area contributed by atoms with Crippen molar-refractivity contribution in [1.29, 1.82) is 0 Å². The molecule has 0 aliphatic rings.